The quantitative estimate of drug-likeness (QED) is 0.152. The van der Waals surface area contributed by atoms with Gasteiger partial charge in [-0.1, -0.05) is 194 Å². The molecule has 5 heterocycles. The Labute approximate surface area is 480 Å². The van der Waals surface area contributed by atoms with Gasteiger partial charge in [-0.2, -0.15) is 0 Å². The van der Waals surface area contributed by atoms with Gasteiger partial charge in [0.1, 0.15) is 0 Å². The van der Waals surface area contributed by atoms with Crippen molar-refractivity contribution in [1.29, 1.82) is 0 Å². The Morgan fingerprint density at radius 3 is 1.32 bits per heavy atom. The normalized spacial score (nSPS) is 11.9. The smallest absolute Gasteiger partial charge is 0.235 e. The van der Waals surface area contributed by atoms with Crippen molar-refractivity contribution in [3.8, 4) is 78.7 Å². The third-order valence-electron chi connectivity index (χ3n) is 16.6. The van der Waals surface area contributed by atoms with E-state index < -0.39 is 0 Å². The highest BCUT2D eigenvalue weighted by atomic mass is 32.1. The van der Waals surface area contributed by atoms with E-state index in [4.69, 9.17) is 9.97 Å². The molecule has 0 aliphatic heterocycles. The third-order valence-corrected chi connectivity index (χ3v) is 18.9. The highest BCUT2D eigenvalue weighted by Gasteiger charge is 2.22. The number of rotatable bonds is 8. The molecule has 0 saturated carbocycles. The molecule has 0 amide bonds. The molecule has 0 spiro atoms. The fraction of sp³-hybridized carbons (Fsp3) is 0. The molecule has 0 N–H and O–H groups in total. The molecule has 0 unspecified atom stereocenters. The highest BCUT2D eigenvalue weighted by molar-refractivity contribution is 7.26. The fourth-order valence-electron chi connectivity index (χ4n) is 12.7. The monoisotopic (exact) mass is 1080 g/mol. The molecule has 12 aromatic carbocycles. The van der Waals surface area contributed by atoms with Crippen LogP contribution in [0.15, 0.2) is 279 Å². The predicted octanol–water partition coefficient (Wildman–Crippen LogP) is 21.4. The van der Waals surface area contributed by atoms with E-state index in [2.05, 4.69) is 288 Å². The Balaban J connectivity index is 0.881. The summed E-state index contributed by atoms with van der Waals surface area (Å²) in [6, 6.07) is 102. The zero-order valence-electron chi connectivity index (χ0n) is 44.2. The van der Waals surface area contributed by atoms with Crippen molar-refractivity contribution in [3.63, 3.8) is 0 Å². The maximum Gasteiger partial charge on any atom is 0.235 e. The van der Waals surface area contributed by atoms with Crippen molar-refractivity contribution in [1.82, 2.24) is 19.1 Å². The number of fused-ring (bicyclic) bond motifs is 12. The lowest BCUT2D eigenvalue weighted by Crippen LogP contribution is -2.05. The number of hydrogen-bond donors (Lipinski definition) is 0. The Kier molecular flexibility index (Phi) is 10.6. The Hall–Kier alpha value is -10.2. The van der Waals surface area contributed by atoms with Crippen molar-refractivity contribution >= 4 is 107 Å². The molecule has 17 aromatic rings. The van der Waals surface area contributed by atoms with E-state index in [1.807, 2.05) is 22.7 Å². The molecule has 382 valence electrons. The third kappa shape index (κ3) is 7.57. The summed E-state index contributed by atoms with van der Waals surface area (Å²) in [5, 5.41) is 9.87. The first-order valence-corrected chi connectivity index (χ1v) is 29.4. The second-order valence-corrected chi connectivity index (χ2v) is 23.4. The van der Waals surface area contributed by atoms with Crippen LogP contribution in [0.3, 0.4) is 0 Å². The Bertz CT molecular complexity index is 5410. The van der Waals surface area contributed by atoms with Crippen molar-refractivity contribution in [2.75, 3.05) is 0 Å². The van der Waals surface area contributed by atoms with Crippen molar-refractivity contribution in [2.45, 2.75) is 0 Å². The van der Waals surface area contributed by atoms with Gasteiger partial charge in [0, 0.05) is 78.7 Å². The molecule has 0 fully saturated rings. The van der Waals surface area contributed by atoms with E-state index in [9.17, 15) is 0 Å². The summed E-state index contributed by atoms with van der Waals surface area (Å²) >= 11 is 3.70. The molecular weight excluding hydrogens is 1030 g/mol. The lowest BCUT2D eigenvalue weighted by Gasteiger charge is -2.16. The lowest BCUT2D eigenvalue weighted by atomic mass is 9.92. The summed E-state index contributed by atoms with van der Waals surface area (Å²) in [5.41, 5.74) is 18.3. The Morgan fingerprint density at radius 2 is 0.683 bits per heavy atom. The van der Waals surface area contributed by atoms with Crippen LogP contribution >= 0.6 is 22.7 Å². The molecule has 4 nitrogen and oxygen atoms in total. The van der Waals surface area contributed by atoms with Crippen LogP contribution in [0.1, 0.15) is 0 Å². The minimum atomic E-state index is 0.601. The molecule has 0 saturated heterocycles. The molecule has 0 aliphatic carbocycles. The maximum atomic E-state index is 5.70. The molecule has 0 bridgehead atoms. The van der Waals surface area contributed by atoms with Gasteiger partial charge < -0.3 is 4.57 Å². The second kappa shape index (κ2) is 18.7. The van der Waals surface area contributed by atoms with E-state index in [1.54, 1.807) is 0 Å². The summed E-state index contributed by atoms with van der Waals surface area (Å²) < 4.78 is 9.92. The summed E-state index contributed by atoms with van der Waals surface area (Å²) in [6.45, 7) is 0. The largest absolute Gasteiger partial charge is 0.309 e. The molecule has 82 heavy (non-hydrogen) atoms. The average molecular weight is 1080 g/mol. The summed E-state index contributed by atoms with van der Waals surface area (Å²) in [5.74, 6) is 0.601. The van der Waals surface area contributed by atoms with Crippen LogP contribution in [0, 0.1) is 0 Å². The van der Waals surface area contributed by atoms with Crippen LogP contribution in [-0.4, -0.2) is 19.1 Å². The van der Waals surface area contributed by atoms with Gasteiger partial charge in [0.2, 0.25) is 5.95 Å². The summed E-state index contributed by atoms with van der Waals surface area (Å²) in [7, 11) is 0. The van der Waals surface area contributed by atoms with Gasteiger partial charge in [0.05, 0.1) is 33.5 Å². The van der Waals surface area contributed by atoms with Gasteiger partial charge >= 0.3 is 0 Å². The topological polar surface area (TPSA) is 35.6 Å². The minimum Gasteiger partial charge on any atom is -0.309 e. The second-order valence-electron chi connectivity index (χ2n) is 21.3. The zero-order chi connectivity index (χ0) is 53.8. The molecule has 0 radical (unpaired) electrons. The van der Waals surface area contributed by atoms with Gasteiger partial charge in [0.15, 0.2) is 0 Å². The van der Waals surface area contributed by atoms with Crippen LogP contribution < -0.4 is 0 Å². The van der Waals surface area contributed by atoms with Gasteiger partial charge in [-0.25, -0.2) is 9.97 Å². The predicted molar refractivity (Wildman–Crippen MR) is 349 cm³/mol. The molecule has 17 rings (SSSR count). The van der Waals surface area contributed by atoms with E-state index in [0.717, 1.165) is 88.9 Å². The molecule has 6 heteroatoms. The lowest BCUT2D eigenvalue weighted by molar-refractivity contribution is 0.995. The zero-order valence-corrected chi connectivity index (χ0v) is 45.8. The molecule has 0 aliphatic rings. The average Bonchev–Trinajstić information content (AvgIpc) is 4.29. The number of nitrogens with zero attached hydrogens (tertiary/aromatic N) is 4. The van der Waals surface area contributed by atoms with Crippen molar-refractivity contribution < 1.29 is 0 Å². The molecule has 5 aromatic heterocycles. The van der Waals surface area contributed by atoms with E-state index in [0.29, 0.717) is 5.95 Å². The summed E-state index contributed by atoms with van der Waals surface area (Å²) in [6.07, 6.45) is 0. The van der Waals surface area contributed by atoms with Crippen LogP contribution in [0.2, 0.25) is 0 Å². The Morgan fingerprint density at radius 1 is 0.232 bits per heavy atom. The van der Waals surface area contributed by atoms with Crippen LogP contribution in [0.4, 0.5) is 0 Å². The van der Waals surface area contributed by atoms with Crippen LogP contribution in [0.25, 0.3) is 163 Å². The molecular formula is C76H46N4S2. The highest BCUT2D eigenvalue weighted by Crippen LogP contribution is 2.43. The van der Waals surface area contributed by atoms with E-state index in [-0.39, 0.29) is 0 Å². The first-order chi connectivity index (χ1) is 40.6. The molecule has 0 atom stereocenters. The van der Waals surface area contributed by atoms with E-state index in [1.165, 1.54) is 67.8 Å². The van der Waals surface area contributed by atoms with Gasteiger partial charge in [-0.05, 0) is 129 Å². The first kappa shape index (κ1) is 46.7. The number of thiophene rings is 2. The maximum absolute atomic E-state index is 5.70. The first-order valence-electron chi connectivity index (χ1n) is 27.8. The van der Waals surface area contributed by atoms with Crippen molar-refractivity contribution in [3.05, 3.63) is 279 Å². The number of aromatic nitrogens is 4. The fourth-order valence-corrected chi connectivity index (χ4v) is 14.8. The van der Waals surface area contributed by atoms with Crippen LogP contribution in [-0.2, 0) is 0 Å². The number of benzene rings is 12. The number of para-hydroxylation sites is 2. The summed E-state index contributed by atoms with van der Waals surface area (Å²) in [4.78, 5) is 11.4. The SMILES string of the molecule is c1ccc(-c2ccc(-c3cc(-c4cccc(-n5c6ccccc6c6ccc(-c7ccc8sc9ccccc9c8c7)cc65)c4)nc(-n4c5ccccc5c5ccc(-c6ccc7sc8ccccc8c7c6)cc54)n3)c(-c3ccccc3)c2)cc1. The van der Waals surface area contributed by atoms with Gasteiger partial charge in [-0.3, -0.25) is 4.57 Å². The van der Waals surface area contributed by atoms with Gasteiger partial charge in [0.25, 0.3) is 0 Å². The van der Waals surface area contributed by atoms with Crippen molar-refractivity contribution in [2.24, 2.45) is 0 Å². The minimum absolute atomic E-state index is 0.601. The van der Waals surface area contributed by atoms with Gasteiger partial charge in [-0.15, -0.1) is 22.7 Å². The van der Waals surface area contributed by atoms with Crippen LogP contribution in [0.5, 0.6) is 0 Å². The standard InChI is InChI=1S/C76H46N4S2/c1-3-16-47(17-4-1)49-30-35-56(63(41-49)48-18-5-2-6-19-48)67-46-66(77-76(78-67)80-69-27-12-8-23-58(69)60-37-32-53(45-71(60)80)51-34-39-75-65(43-51)62-25-10-14-29-73(62)82-75)54-20-15-21-55(40-54)79-68-26-11-7-22-57(68)59-36-31-52(44-70(59)79)50-33-38-74-64(42-50)61-24-9-13-28-72(61)81-74/h1-46H. The number of hydrogen-bond acceptors (Lipinski definition) is 4. The van der Waals surface area contributed by atoms with E-state index >= 15 is 0 Å².